The normalized spacial score (nSPS) is 14.0. The topological polar surface area (TPSA) is 41.5 Å². The molecule has 0 aliphatic heterocycles. The summed E-state index contributed by atoms with van der Waals surface area (Å²) in [4.78, 5) is 0. The molecular weight excluding hydrogens is 294 g/mol. The van der Waals surface area contributed by atoms with E-state index in [1.807, 2.05) is 32.0 Å². The molecule has 0 aromatic heterocycles. The van der Waals surface area contributed by atoms with E-state index in [-0.39, 0.29) is 12.6 Å². The van der Waals surface area contributed by atoms with E-state index >= 15 is 0 Å². The standard InChI is InChI=1S/C14H20BrNO2/c1-4-11(3)16-8-12(17)9-18-14-6-5-10(2)7-13(14)15/h4-7,11-12,16-17H,1,8-9H2,2-3H3. The monoisotopic (exact) mass is 313 g/mol. The lowest BCUT2D eigenvalue weighted by Crippen LogP contribution is -2.35. The van der Waals surface area contributed by atoms with Gasteiger partial charge in [0.15, 0.2) is 0 Å². The molecule has 3 nitrogen and oxygen atoms in total. The Morgan fingerprint density at radius 1 is 1.56 bits per heavy atom. The molecule has 1 aromatic rings. The van der Waals surface area contributed by atoms with Crippen molar-refractivity contribution < 1.29 is 9.84 Å². The predicted octanol–water partition coefficient (Wildman–Crippen LogP) is 2.66. The minimum atomic E-state index is -0.541. The molecule has 0 aliphatic rings. The van der Waals surface area contributed by atoms with Crippen molar-refractivity contribution in [1.29, 1.82) is 0 Å². The van der Waals surface area contributed by atoms with Crippen molar-refractivity contribution in [3.63, 3.8) is 0 Å². The van der Waals surface area contributed by atoms with Crippen molar-refractivity contribution in [2.45, 2.75) is 26.0 Å². The molecule has 0 saturated heterocycles. The van der Waals surface area contributed by atoms with Crippen molar-refractivity contribution in [2.24, 2.45) is 0 Å². The Labute approximate surface area is 117 Å². The maximum absolute atomic E-state index is 9.76. The van der Waals surface area contributed by atoms with Gasteiger partial charge in [-0.15, -0.1) is 6.58 Å². The predicted molar refractivity (Wildman–Crippen MR) is 78.0 cm³/mol. The molecule has 0 amide bonds. The number of aliphatic hydroxyl groups is 1. The molecule has 2 N–H and O–H groups in total. The van der Waals surface area contributed by atoms with Crippen LogP contribution in [-0.2, 0) is 0 Å². The van der Waals surface area contributed by atoms with Gasteiger partial charge >= 0.3 is 0 Å². The zero-order valence-corrected chi connectivity index (χ0v) is 12.4. The fourth-order valence-corrected chi connectivity index (χ4v) is 1.98. The minimum absolute atomic E-state index is 0.186. The van der Waals surface area contributed by atoms with Gasteiger partial charge in [-0.05, 0) is 47.5 Å². The van der Waals surface area contributed by atoms with Crippen LogP contribution in [0.25, 0.3) is 0 Å². The lowest BCUT2D eigenvalue weighted by atomic mass is 10.2. The average Bonchev–Trinajstić information content (AvgIpc) is 2.34. The second kappa shape index (κ2) is 7.56. The van der Waals surface area contributed by atoms with Crippen molar-refractivity contribution in [3.05, 3.63) is 40.9 Å². The van der Waals surface area contributed by atoms with E-state index in [9.17, 15) is 5.11 Å². The molecule has 0 fully saturated rings. The Kier molecular flexibility index (Phi) is 6.39. The number of hydrogen-bond donors (Lipinski definition) is 2. The highest BCUT2D eigenvalue weighted by Crippen LogP contribution is 2.25. The van der Waals surface area contributed by atoms with Crippen LogP contribution < -0.4 is 10.1 Å². The third kappa shape index (κ3) is 5.21. The molecule has 2 atom stereocenters. The van der Waals surface area contributed by atoms with Gasteiger partial charge in [0.2, 0.25) is 0 Å². The smallest absolute Gasteiger partial charge is 0.133 e. The summed E-state index contributed by atoms with van der Waals surface area (Å²) >= 11 is 3.44. The molecule has 0 saturated carbocycles. The van der Waals surface area contributed by atoms with Crippen LogP contribution in [-0.4, -0.2) is 30.4 Å². The maximum Gasteiger partial charge on any atom is 0.133 e. The van der Waals surface area contributed by atoms with E-state index in [0.29, 0.717) is 6.54 Å². The zero-order valence-electron chi connectivity index (χ0n) is 10.8. The van der Waals surface area contributed by atoms with Crippen LogP contribution in [0, 0.1) is 6.92 Å². The summed E-state index contributed by atoms with van der Waals surface area (Å²) in [6.45, 7) is 8.42. The molecule has 2 unspecified atom stereocenters. The van der Waals surface area contributed by atoms with Gasteiger partial charge in [0.25, 0.3) is 0 Å². The van der Waals surface area contributed by atoms with Crippen molar-refractivity contribution >= 4 is 15.9 Å². The first-order valence-electron chi connectivity index (χ1n) is 5.96. The first-order chi connectivity index (χ1) is 8.52. The first kappa shape index (κ1) is 15.2. The maximum atomic E-state index is 9.76. The Morgan fingerprint density at radius 2 is 2.28 bits per heavy atom. The van der Waals surface area contributed by atoms with Gasteiger partial charge in [-0.25, -0.2) is 0 Å². The summed E-state index contributed by atoms with van der Waals surface area (Å²) in [7, 11) is 0. The summed E-state index contributed by atoms with van der Waals surface area (Å²) in [6.07, 6.45) is 1.25. The van der Waals surface area contributed by atoms with E-state index in [1.54, 1.807) is 6.08 Å². The van der Waals surface area contributed by atoms with Crippen LogP contribution in [0.2, 0.25) is 0 Å². The Bertz CT molecular complexity index is 395. The van der Waals surface area contributed by atoms with Gasteiger partial charge < -0.3 is 15.2 Å². The molecule has 0 spiro atoms. The SMILES string of the molecule is C=CC(C)NCC(O)COc1ccc(C)cc1Br. The van der Waals surface area contributed by atoms with Crippen LogP contribution in [0.1, 0.15) is 12.5 Å². The molecule has 1 aromatic carbocycles. The lowest BCUT2D eigenvalue weighted by molar-refractivity contribution is 0.105. The van der Waals surface area contributed by atoms with Crippen LogP contribution in [0.15, 0.2) is 35.3 Å². The van der Waals surface area contributed by atoms with Gasteiger partial charge in [0.05, 0.1) is 4.47 Å². The first-order valence-corrected chi connectivity index (χ1v) is 6.75. The fourth-order valence-electron chi connectivity index (χ4n) is 1.37. The van der Waals surface area contributed by atoms with E-state index < -0.39 is 6.10 Å². The number of aliphatic hydroxyl groups excluding tert-OH is 1. The van der Waals surface area contributed by atoms with Gasteiger partial charge in [0, 0.05) is 12.6 Å². The van der Waals surface area contributed by atoms with Gasteiger partial charge in [-0.2, -0.15) is 0 Å². The summed E-state index contributed by atoms with van der Waals surface area (Å²) < 4.78 is 6.46. The van der Waals surface area contributed by atoms with Gasteiger partial charge in [-0.3, -0.25) is 0 Å². The third-order valence-corrected chi connectivity index (χ3v) is 3.17. The second-order valence-electron chi connectivity index (χ2n) is 4.33. The van der Waals surface area contributed by atoms with Gasteiger partial charge in [0.1, 0.15) is 18.5 Å². The number of nitrogens with one attached hydrogen (secondary N) is 1. The number of hydrogen-bond acceptors (Lipinski definition) is 3. The molecule has 0 heterocycles. The summed E-state index contributed by atoms with van der Waals surface area (Å²) in [6, 6.07) is 6.04. The minimum Gasteiger partial charge on any atom is -0.490 e. The van der Waals surface area contributed by atoms with Crippen LogP contribution in [0.5, 0.6) is 5.75 Å². The summed E-state index contributed by atoms with van der Waals surface area (Å²) in [5.74, 6) is 0.747. The number of rotatable bonds is 7. The van der Waals surface area contributed by atoms with Gasteiger partial charge in [-0.1, -0.05) is 12.1 Å². The highest BCUT2D eigenvalue weighted by Gasteiger charge is 2.08. The molecule has 0 aliphatic carbocycles. The van der Waals surface area contributed by atoms with Crippen molar-refractivity contribution in [1.82, 2.24) is 5.32 Å². The quantitative estimate of drug-likeness (QED) is 0.760. The Balaban J connectivity index is 2.37. The van der Waals surface area contributed by atoms with E-state index in [2.05, 4.69) is 27.8 Å². The van der Waals surface area contributed by atoms with E-state index in [0.717, 1.165) is 15.8 Å². The second-order valence-corrected chi connectivity index (χ2v) is 5.19. The number of benzene rings is 1. The van der Waals surface area contributed by atoms with Crippen molar-refractivity contribution in [2.75, 3.05) is 13.2 Å². The summed E-state index contributed by atoms with van der Waals surface area (Å²) in [5.41, 5.74) is 1.16. The summed E-state index contributed by atoms with van der Waals surface area (Å²) in [5, 5.41) is 12.9. The van der Waals surface area contributed by atoms with Crippen LogP contribution in [0.4, 0.5) is 0 Å². The lowest BCUT2D eigenvalue weighted by Gasteiger charge is -2.16. The number of halogens is 1. The number of aryl methyl sites for hydroxylation is 1. The van der Waals surface area contributed by atoms with E-state index in [1.165, 1.54) is 0 Å². The molecule has 0 radical (unpaired) electrons. The Morgan fingerprint density at radius 3 is 2.89 bits per heavy atom. The number of ether oxygens (including phenoxy) is 1. The molecular formula is C14H20BrNO2. The van der Waals surface area contributed by atoms with Crippen molar-refractivity contribution in [3.8, 4) is 5.75 Å². The third-order valence-electron chi connectivity index (χ3n) is 2.55. The zero-order chi connectivity index (χ0) is 13.5. The molecule has 100 valence electrons. The van der Waals surface area contributed by atoms with E-state index in [4.69, 9.17) is 4.74 Å². The highest BCUT2D eigenvalue weighted by molar-refractivity contribution is 9.10. The molecule has 1 rings (SSSR count). The average molecular weight is 314 g/mol. The Hall–Kier alpha value is -0.840. The highest BCUT2D eigenvalue weighted by atomic mass is 79.9. The molecule has 18 heavy (non-hydrogen) atoms. The van der Waals surface area contributed by atoms with Crippen LogP contribution in [0.3, 0.4) is 0 Å². The largest absolute Gasteiger partial charge is 0.490 e. The fraction of sp³-hybridized carbons (Fsp3) is 0.429. The molecule has 4 heteroatoms. The van der Waals surface area contributed by atoms with Crippen LogP contribution >= 0.6 is 15.9 Å². The molecule has 0 bridgehead atoms.